The fraction of sp³-hybridized carbons (Fsp3) is 0.467. The van der Waals surface area contributed by atoms with Gasteiger partial charge in [0.05, 0.1) is 17.7 Å². The van der Waals surface area contributed by atoms with E-state index in [0.717, 1.165) is 11.1 Å². The van der Waals surface area contributed by atoms with Crippen molar-refractivity contribution in [1.82, 2.24) is 9.80 Å². The van der Waals surface area contributed by atoms with Crippen molar-refractivity contribution in [3.05, 3.63) is 34.9 Å². The van der Waals surface area contributed by atoms with Crippen molar-refractivity contribution in [2.75, 3.05) is 13.1 Å². The average Bonchev–Trinajstić information content (AvgIpc) is 2.99. The highest BCUT2D eigenvalue weighted by Crippen LogP contribution is 2.27. The first-order valence-corrected chi connectivity index (χ1v) is 6.97. The molecule has 6 nitrogen and oxygen atoms in total. The number of benzene rings is 1. The third-order valence-corrected chi connectivity index (χ3v) is 4.17. The molecular weight excluding hydrogens is 272 g/mol. The van der Waals surface area contributed by atoms with Crippen LogP contribution in [-0.2, 0) is 13.1 Å². The summed E-state index contributed by atoms with van der Waals surface area (Å²) in [7, 11) is 0. The molecule has 2 amide bonds. The van der Waals surface area contributed by atoms with Crippen LogP contribution in [0.25, 0.3) is 0 Å². The number of fused-ring (bicyclic) bond motifs is 1. The number of aliphatic hydroxyl groups is 1. The molecule has 0 aromatic heterocycles. The Morgan fingerprint density at radius 2 is 1.90 bits per heavy atom. The van der Waals surface area contributed by atoms with E-state index in [2.05, 4.69) is 0 Å². The molecule has 0 bridgehead atoms. The number of carboxylic acids is 1. The standard InChI is InChI=1S/C15H18N2O4/c1-15(21)4-5-16(9-15)14(20)17-7-11-3-2-10(13(18)19)6-12(11)8-17/h2-3,6,21H,4-5,7-9H2,1H3,(H,18,19). The maximum absolute atomic E-state index is 12.4. The highest BCUT2D eigenvalue weighted by molar-refractivity contribution is 5.88. The van der Waals surface area contributed by atoms with Crippen molar-refractivity contribution in [3.8, 4) is 0 Å². The molecule has 1 unspecified atom stereocenters. The molecule has 112 valence electrons. The minimum atomic E-state index is -0.960. The molecule has 2 aliphatic heterocycles. The van der Waals surface area contributed by atoms with Crippen molar-refractivity contribution in [1.29, 1.82) is 0 Å². The summed E-state index contributed by atoms with van der Waals surface area (Å²) >= 11 is 0. The number of rotatable bonds is 1. The summed E-state index contributed by atoms with van der Waals surface area (Å²) in [5, 5.41) is 19.0. The third-order valence-electron chi connectivity index (χ3n) is 4.17. The fourth-order valence-corrected chi connectivity index (χ4v) is 2.97. The quantitative estimate of drug-likeness (QED) is 0.816. The summed E-state index contributed by atoms with van der Waals surface area (Å²) in [4.78, 5) is 26.8. The van der Waals surface area contributed by atoms with E-state index in [-0.39, 0.29) is 11.6 Å². The number of hydrogen-bond donors (Lipinski definition) is 2. The average molecular weight is 290 g/mol. The van der Waals surface area contributed by atoms with Crippen LogP contribution in [0.15, 0.2) is 18.2 Å². The number of β-amino-alcohol motifs (C(OH)–C–C–N with tert-alkyl or cyclic N) is 1. The molecule has 21 heavy (non-hydrogen) atoms. The lowest BCUT2D eigenvalue weighted by Gasteiger charge is -2.25. The van der Waals surface area contributed by atoms with Crippen LogP contribution in [0.4, 0.5) is 4.79 Å². The van der Waals surface area contributed by atoms with Crippen LogP contribution in [0.2, 0.25) is 0 Å². The largest absolute Gasteiger partial charge is 0.478 e. The van der Waals surface area contributed by atoms with Gasteiger partial charge in [-0.1, -0.05) is 6.07 Å². The molecule has 0 saturated carbocycles. The lowest BCUT2D eigenvalue weighted by atomic mass is 10.1. The van der Waals surface area contributed by atoms with Crippen molar-refractivity contribution < 1.29 is 19.8 Å². The third kappa shape index (κ3) is 2.58. The van der Waals surface area contributed by atoms with Gasteiger partial charge in [-0.25, -0.2) is 9.59 Å². The minimum Gasteiger partial charge on any atom is -0.478 e. The Kier molecular flexibility index (Phi) is 3.13. The Bertz CT molecular complexity index is 612. The van der Waals surface area contributed by atoms with E-state index in [0.29, 0.717) is 32.6 Å². The molecule has 1 atom stereocenters. The maximum Gasteiger partial charge on any atom is 0.335 e. The van der Waals surface area contributed by atoms with E-state index in [4.69, 9.17) is 5.11 Å². The number of carbonyl (C=O) groups excluding carboxylic acids is 1. The van der Waals surface area contributed by atoms with E-state index in [1.165, 1.54) is 0 Å². The normalized spacial score (nSPS) is 24.3. The monoisotopic (exact) mass is 290 g/mol. The van der Waals surface area contributed by atoms with E-state index in [1.54, 1.807) is 34.9 Å². The molecule has 0 spiro atoms. The van der Waals surface area contributed by atoms with Crippen LogP contribution in [-0.4, -0.2) is 50.7 Å². The number of hydrogen-bond acceptors (Lipinski definition) is 3. The Morgan fingerprint density at radius 1 is 1.19 bits per heavy atom. The molecule has 0 radical (unpaired) electrons. The molecular formula is C15H18N2O4. The lowest BCUT2D eigenvalue weighted by Crippen LogP contribution is -2.41. The zero-order valence-electron chi connectivity index (χ0n) is 11.9. The van der Waals surface area contributed by atoms with Gasteiger partial charge in [-0.15, -0.1) is 0 Å². The van der Waals surface area contributed by atoms with Gasteiger partial charge in [-0.2, -0.15) is 0 Å². The van der Waals surface area contributed by atoms with Crippen molar-refractivity contribution in [3.63, 3.8) is 0 Å². The number of carboxylic acid groups (broad SMARTS) is 1. The van der Waals surface area contributed by atoms with Gasteiger partial charge in [0.25, 0.3) is 0 Å². The van der Waals surface area contributed by atoms with Crippen LogP contribution in [0, 0.1) is 0 Å². The Labute approximate surface area is 122 Å². The number of amides is 2. The first-order chi connectivity index (χ1) is 9.85. The maximum atomic E-state index is 12.4. The summed E-state index contributed by atoms with van der Waals surface area (Å²) in [5.41, 5.74) is 1.30. The fourth-order valence-electron chi connectivity index (χ4n) is 2.97. The van der Waals surface area contributed by atoms with Gasteiger partial charge >= 0.3 is 12.0 Å². The second kappa shape index (κ2) is 4.73. The summed E-state index contributed by atoms with van der Waals surface area (Å²) < 4.78 is 0. The number of nitrogens with zero attached hydrogens (tertiary/aromatic N) is 2. The highest BCUT2D eigenvalue weighted by atomic mass is 16.4. The summed E-state index contributed by atoms with van der Waals surface area (Å²) in [6.07, 6.45) is 0.586. The van der Waals surface area contributed by atoms with Crippen LogP contribution in [0.5, 0.6) is 0 Å². The Balaban J connectivity index is 1.73. The van der Waals surface area contributed by atoms with Gasteiger partial charge in [-0.05, 0) is 36.6 Å². The molecule has 1 aromatic carbocycles. The predicted octanol–water partition coefficient (Wildman–Crippen LogP) is 1.28. The van der Waals surface area contributed by atoms with Gasteiger partial charge in [0.1, 0.15) is 0 Å². The molecule has 2 aliphatic rings. The van der Waals surface area contributed by atoms with Crippen LogP contribution >= 0.6 is 0 Å². The van der Waals surface area contributed by atoms with Crippen LogP contribution in [0.1, 0.15) is 34.8 Å². The molecule has 1 fully saturated rings. The Hall–Kier alpha value is -2.08. The second-order valence-corrected chi connectivity index (χ2v) is 6.10. The number of urea groups is 1. The smallest absolute Gasteiger partial charge is 0.335 e. The van der Waals surface area contributed by atoms with E-state index in [9.17, 15) is 14.7 Å². The molecule has 2 heterocycles. The zero-order chi connectivity index (χ0) is 15.2. The SMILES string of the molecule is CC1(O)CCN(C(=O)N2Cc3ccc(C(=O)O)cc3C2)C1. The van der Waals surface area contributed by atoms with Gasteiger partial charge in [-0.3, -0.25) is 0 Å². The van der Waals surface area contributed by atoms with Gasteiger partial charge < -0.3 is 20.0 Å². The first-order valence-electron chi connectivity index (χ1n) is 6.97. The molecule has 2 N–H and O–H groups in total. The van der Waals surface area contributed by atoms with E-state index < -0.39 is 11.6 Å². The molecule has 0 aliphatic carbocycles. The summed E-state index contributed by atoms with van der Waals surface area (Å²) in [6.45, 7) is 3.55. The van der Waals surface area contributed by atoms with Gasteiger partial charge in [0.15, 0.2) is 0 Å². The topological polar surface area (TPSA) is 81.1 Å². The second-order valence-electron chi connectivity index (χ2n) is 6.10. The molecule has 6 heteroatoms. The summed E-state index contributed by atoms with van der Waals surface area (Å²) in [6, 6.07) is 4.87. The number of aromatic carboxylic acids is 1. The summed E-state index contributed by atoms with van der Waals surface area (Å²) in [5.74, 6) is -0.960. The van der Waals surface area contributed by atoms with Gasteiger partial charge in [0.2, 0.25) is 0 Å². The van der Waals surface area contributed by atoms with Crippen molar-refractivity contribution in [2.45, 2.75) is 32.0 Å². The van der Waals surface area contributed by atoms with Crippen LogP contribution in [0.3, 0.4) is 0 Å². The Morgan fingerprint density at radius 3 is 2.52 bits per heavy atom. The van der Waals surface area contributed by atoms with E-state index in [1.807, 2.05) is 0 Å². The number of likely N-dealkylation sites (tertiary alicyclic amines) is 1. The van der Waals surface area contributed by atoms with Crippen molar-refractivity contribution in [2.24, 2.45) is 0 Å². The van der Waals surface area contributed by atoms with Gasteiger partial charge in [0, 0.05) is 19.6 Å². The lowest BCUT2D eigenvalue weighted by molar-refractivity contribution is 0.0683. The molecule has 1 saturated heterocycles. The van der Waals surface area contributed by atoms with E-state index >= 15 is 0 Å². The molecule has 1 aromatic rings. The molecule has 3 rings (SSSR count). The zero-order valence-corrected chi connectivity index (χ0v) is 11.9. The van der Waals surface area contributed by atoms with Crippen molar-refractivity contribution >= 4 is 12.0 Å². The number of carbonyl (C=O) groups is 2. The predicted molar refractivity (Wildman–Crippen MR) is 74.9 cm³/mol. The minimum absolute atomic E-state index is 0.0964. The highest BCUT2D eigenvalue weighted by Gasteiger charge is 2.37. The van der Waals surface area contributed by atoms with Crippen LogP contribution < -0.4 is 0 Å². The first kappa shape index (κ1) is 13.9.